The van der Waals surface area contributed by atoms with Crippen molar-refractivity contribution in [3.63, 3.8) is 0 Å². The van der Waals surface area contributed by atoms with Gasteiger partial charge in [0.15, 0.2) is 0 Å². The predicted octanol–water partition coefficient (Wildman–Crippen LogP) is 0.313. The van der Waals surface area contributed by atoms with E-state index in [1.807, 2.05) is 0 Å². The van der Waals surface area contributed by atoms with Gasteiger partial charge in [0.05, 0.1) is 178 Å². The van der Waals surface area contributed by atoms with Crippen molar-refractivity contribution >= 4 is 11.8 Å². The van der Waals surface area contributed by atoms with Gasteiger partial charge in [-0.2, -0.15) is 0 Å². The first-order chi connectivity index (χ1) is 24.3. The summed E-state index contributed by atoms with van der Waals surface area (Å²) >= 11 is 0. The fraction of sp³-hybridized carbons (Fsp3) is 0.818. The molecule has 0 aromatic carbocycles. The van der Waals surface area contributed by atoms with Gasteiger partial charge in [-0.3, -0.25) is 14.5 Å². The van der Waals surface area contributed by atoms with Gasteiger partial charge >= 0.3 is 0 Å². The summed E-state index contributed by atoms with van der Waals surface area (Å²) in [7, 11) is 0. The van der Waals surface area contributed by atoms with Crippen LogP contribution >= 0.6 is 0 Å². The Labute approximate surface area is 291 Å². The number of amides is 2. The molecule has 0 saturated heterocycles. The maximum atomic E-state index is 11.4. The third-order valence-corrected chi connectivity index (χ3v) is 6.06. The molecule has 0 N–H and O–H groups in total. The van der Waals surface area contributed by atoms with Crippen molar-refractivity contribution in [3.05, 3.63) is 24.8 Å². The second-order valence-electron chi connectivity index (χ2n) is 9.87. The van der Waals surface area contributed by atoms with Gasteiger partial charge in [0.2, 0.25) is 0 Å². The van der Waals surface area contributed by atoms with Crippen molar-refractivity contribution in [1.29, 1.82) is 0 Å². The number of carbonyl (C=O) groups is 2. The van der Waals surface area contributed by atoms with Crippen molar-refractivity contribution in [2.75, 3.05) is 178 Å². The van der Waals surface area contributed by atoms with E-state index in [1.54, 1.807) is 6.08 Å². The lowest BCUT2D eigenvalue weighted by Gasteiger charge is -2.13. The summed E-state index contributed by atoms with van der Waals surface area (Å²) in [6, 6.07) is 0. The molecule has 0 radical (unpaired) electrons. The van der Waals surface area contributed by atoms with E-state index < -0.39 is 0 Å². The molecule has 16 heteroatoms. The Morgan fingerprint density at radius 1 is 0.367 bits per heavy atom. The molecule has 0 unspecified atom stereocenters. The van der Waals surface area contributed by atoms with Crippen LogP contribution in [0.4, 0.5) is 0 Å². The van der Waals surface area contributed by atoms with Crippen molar-refractivity contribution in [2.24, 2.45) is 0 Å². The zero-order valence-electron chi connectivity index (χ0n) is 29.1. The molecule has 0 aromatic rings. The summed E-state index contributed by atoms with van der Waals surface area (Å²) in [4.78, 5) is 23.9. The number of hydrogen-bond donors (Lipinski definition) is 0. The van der Waals surface area contributed by atoms with Gasteiger partial charge in [-0.25, -0.2) is 0 Å². The molecule has 286 valence electrons. The molecular weight excluding hydrogens is 650 g/mol. The smallest absolute Gasteiger partial charge is 0.253 e. The molecule has 0 saturated carbocycles. The van der Waals surface area contributed by atoms with E-state index in [0.29, 0.717) is 165 Å². The van der Waals surface area contributed by atoms with Gasteiger partial charge < -0.3 is 61.6 Å². The van der Waals surface area contributed by atoms with Crippen LogP contribution in [0.15, 0.2) is 24.8 Å². The Kier molecular flexibility index (Phi) is 34.4. The van der Waals surface area contributed by atoms with E-state index in [1.165, 1.54) is 12.2 Å². The minimum absolute atomic E-state index is 0.238. The van der Waals surface area contributed by atoms with E-state index in [9.17, 15) is 9.59 Å². The maximum Gasteiger partial charge on any atom is 0.253 e. The van der Waals surface area contributed by atoms with Crippen LogP contribution in [0, 0.1) is 0 Å². The quantitative estimate of drug-likeness (QED) is 0.0485. The van der Waals surface area contributed by atoms with Gasteiger partial charge in [-0.05, 0) is 0 Å². The van der Waals surface area contributed by atoms with E-state index in [0.717, 1.165) is 4.90 Å². The number of imide groups is 1. The highest BCUT2D eigenvalue weighted by Gasteiger charge is 2.22. The average Bonchev–Trinajstić information content (AvgIpc) is 3.43. The standard InChI is InChI=1S/C33H59NO15/c1-2-6-37-8-10-39-12-14-41-16-18-43-20-22-45-24-26-47-28-30-49-31-29-48-27-25-46-23-21-44-19-17-42-15-13-40-11-9-38-7-5-34-32(35)3-4-33(34)36/h2-4H,1,5-31H2. The van der Waals surface area contributed by atoms with E-state index in [2.05, 4.69) is 6.58 Å². The lowest BCUT2D eigenvalue weighted by molar-refractivity contribution is -0.137. The molecule has 0 spiro atoms. The summed E-state index contributed by atoms with van der Waals surface area (Å²) < 4.78 is 70.5. The van der Waals surface area contributed by atoms with Gasteiger partial charge in [0.25, 0.3) is 11.8 Å². The van der Waals surface area contributed by atoms with E-state index >= 15 is 0 Å². The molecule has 49 heavy (non-hydrogen) atoms. The summed E-state index contributed by atoms with van der Waals surface area (Å²) in [6.07, 6.45) is 4.22. The SMILES string of the molecule is C=CCOCCOCCOCCOCCOCCOCCOCCOCCOCCOCCOCCOCCOCCN1C(=O)C=CC1=O. The highest BCUT2D eigenvalue weighted by atomic mass is 16.6. The number of rotatable bonds is 41. The molecule has 2 amide bonds. The minimum atomic E-state index is -0.308. The monoisotopic (exact) mass is 709 g/mol. The molecule has 1 aliphatic rings. The number of ether oxygens (including phenoxy) is 13. The average molecular weight is 710 g/mol. The van der Waals surface area contributed by atoms with Crippen LogP contribution < -0.4 is 0 Å². The van der Waals surface area contributed by atoms with Crippen molar-refractivity contribution < 1.29 is 71.2 Å². The second kappa shape index (κ2) is 37.4. The molecule has 1 heterocycles. The Hall–Kier alpha value is -1.90. The highest BCUT2D eigenvalue weighted by molar-refractivity contribution is 6.12. The van der Waals surface area contributed by atoms with E-state index in [4.69, 9.17) is 61.6 Å². The number of hydrogen-bond acceptors (Lipinski definition) is 15. The fourth-order valence-electron chi connectivity index (χ4n) is 3.61. The van der Waals surface area contributed by atoms with Crippen LogP contribution in [0.1, 0.15) is 0 Å². The Morgan fingerprint density at radius 3 is 0.796 bits per heavy atom. The van der Waals surface area contributed by atoms with Crippen LogP contribution in [0.3, 0.4) is 0 Å². The lowest BCUT2D eigenvalue weighted by atomic mass is 10.5. The number of nitrogens with zero attached hydrogens (tertiary/aromatic N) is 1. The first kappa shape index (κ1) is 45.1. The van der Waals surface area contributed by atoms with Crippen LogP contribution in [-0.4, -0.2) is 195 Å². The molecule has 1 rings (SSSR count). The summed E-state index contributed by atoms with van der Waals surface area (Å²) in [5.41, 5.74) is 0. The third kappa shape index (κ3) is 31.8. The van der Waals surface area contributed by atoms with Crippen LogP contribution in [0.2, 0.25) is 0 Å². The maximum absolute atomic E-state index is 11.4. The van der Waals surface area contributed by atoms with Crippen molar-refractivity contribution in [3.8, 4) is 0 Å². The third-order valence-electron chi connectivity index (χ3n) is 6.06. The van der Waals surface area contributed by atoms with Gasteiger partial charge in [-0.15, -0.1) is 6.58 Å². The van der Waals surface area contributed by atoms with Gasteiger partial charge in [0.1, 0.15) is 0 Å². The van der Waals surface area contributed by atoms with Crippen molar-refractivity contribution in [2.45, 2.75) is 0 Å². The van der Waals surface area contributed by atoms with Gasteiger partial charge in [-0.1, -0.05) is 6.08 Å². The zero-order chi connectivity index (χ0) is 35.1. The summed E-state index contributed by atoms with van der Waals surface area (Å²) in [5.74, 6) is -0.616. The normalized spacial score (nSPS) is 12.9. The molecular formula is C33H59NO15. The predicted molar refractivity (Wildman–Crippen MR) is 177 cm³/mol. The van der Waals surface area contributed by atoms with Crippen LogP contribution in [0.25, 0.3) is 0 Å². The van der Waals surface area contributed by atoms with Gasteiger partial charge in [0, 0.05) is 12.2 Å². The Morgan fingerprint density at radius 2 is 0.571 bits per heavy atom. The number of carbonyl (C=O) groups excluding carboxylic acids is 2. The fourth-order valence-corrected chi connectivity index (χ4v) is 3.61. The van der Waals surface area contributed by atoms with E-state index in [-0.39, 0.29) is 25.0 Å². The molecule has 16 nitrogen and oxygen atoms in total. The summed E-state index contributed by atoms with van der Waals surface area (Å²) in [5, 5.41) is 0. The lowest BCUT2D eigenvalue weighted by Crippen LogP contribution is -2.33. The molecule has 0 aliphatic carbocycles. The molecule has 0 fully saturated rings. The molecule has 0 aromatic heterocycles. The molecule has 1 aliphatic heterocycles. The first-order valence-corrected chi connectivity index (χ1v) is 16.9. The largest absolute Gasteiger partial charge is 0.377 e. The van der Waals surface area contributed by atoms with Crippen LogP contribution in [-0.2, 0) is 71.2 Å². The molecule has 0 atom stereocenters. The molecule has 0 bridgehead atoms. The topological polar surface area (TPSA) is 157 Å². The summed E-state index contributed by atoms with van der Waals surface area (Å²) in [6.45, 7) is 16.3. The Balaban J connectivity index is 1.61. The second-order valence-corrected chi connectivity index (χ2v) is 9.87. The van der Waals surface area contributed by atoms with Crippen molar-refractivity contribution in [1.82, 2.24) is 4.90 Å². The first-order valence-electron chi connectivity index (χ1n) is 16.9. The highest BCUT2D eigenvalue weighted by Crippen LogP contribution is 2.02. The zero-order valence-corrected chi connectivity index (χ0v) is 29.1. The Bertz CT molecular complexity index is 771. The minimum Gasteiger partial charge on any atom is -0.377 e. The van der Waals surface area contributed by atoms with Crippen LogP contribution in [0.5, 0.6) is 0 Å².